The molecule has 0 unspecified atom stereocenters. The first-order valence-electron chi connectivity index (χ1n) is 12.7. The predicted octanol–water partition coefficient (Wildman–Crippen LogP) is 5.04. The average Bonchev–Trinajstić information content (AvgIpc) is 3.33. The van der Waals surface area contributed by atoms with Gasteiger partial charge in [0.05, 0.1) is 24.3 Å². The van der Waals surface area contributed by atoms with Crippen molar-refractivity contribution < 1.29 is 24.4 Å². The first-order valence-corrected chi connectivity index (χ1v) is 12.7. The van der Waals surface area contributed by atoms with Crippen LogP contribution in [0.4, 0.5) is 5.69 Å². The van der Waals surface area contributed by atoms with Crippen LogP contribution in [0.1, 0.15) is 69.4 Å². The molecule has 210 valence electrons. The molecule has 0 aliphatic carbocycles. The van der Waals surface area contributed by atoms with Gasteiger partial charge in [-0.05, 0) is 65.5 Å². The summed E-state index contributed by atoms with van der Waals surface area (Å²) < 4.78 is 6.36. The van der Waals surface area contributed by atoms with E-state index in [9.17, 15) is 24.8 Å². The number of rotatable bonds is 15. The lowest BCUT2D eigenvalue weighted by Gasteiger charge is -2.14. The minimum absolute atomic E-state index is 0.203. The minimum atomic E-state index is -1.39. The molecule has 0 radical (unpaired) electrons. The highest BCUT2D eigenvalue weighted by molar-refractivity contribution is 6.00. The van der Waals surface area contributed by atoms with Crippen molar-refractivity contribution in [1.29, 1.82) is 0 Å². The van der Waals surface area contributed by atoms with Crippen LogP contribution < -0.4 is 10.1 Å². The summed E-state index contributed by atoms with van der Waals surface area (Å²) in [6, 6.07) is 2.28. The number of benzene rings is 1. The molecule has 0 bridgehead atoms. The second-order valence-electron chi connectivity index (χ2n) is 9.60. The number of allylic oxidation sites excluding steroid dienone is 6. The van der Waals surface area contributed by atoms with Crippen molar-refractivity contribution in [2.75, 3.05) is 7.11 Å². The van der Waals surface area contributed by atoms with Crippen molar-refractivity contribution in [3.05, 3.63) is 80.7 Å². The highest BCUT2D eigenvalue weighted by Gasteiger charge is 2.27. The summed E-state index contributed by atoms with van der Waals surface area (Å²) in [5.74, 6) is -1.99. The highest BCUT2D eigenvalue weighted by Crippen LogP contribution is 2.24. The first-order chi connectivity index (χ1) is 18.5. The highest BCUT2D eigenvalue weighted by atomic mass is 16.6. The maximum absolute atomic E-state index is 12.7. The van der Waals surface area contributed by atoms with Crippen molar-refractivity contribution in [1.82, 2.24) is 20.3 Å². The number of aromatic nitrogens is 3. The molecule has 0 aliphatic rings. The van der Waals surface area contributed by atoms with Gasteiger partial charge < -0.3 is 15.2 Å². The van der Waals surface area contributed by atoms with Crippen molar-refractivity contribution >= 4 is 17.6 Å². The van der Waals surface area contributed by atoms with Crippen LogP contribution in [0.15, 0.2) is 59.3 Å². The Morgan fingerprint density at radius 3 is 2.41 bits per heavy atom. The van der Waals surface area contributed by atoms with Crippen LogP contribution in [-0.2, 0) is 17.8 Å². The van der Waals surface area contributed by atoms with Gasteiger partial charge in [0.25, 0.3) is 11.6 Å². The molecule has 0 saturated heterocycles. The van der Waals surface area contributed by atoms with Gasteiger partial charge in [-0.3, -0.25) is 14.9 Å². The molecule has 1 aromatic heterocycles. The fourth-order valence-electron chi connectivity index (χ4n) is 3.73. The number of carboxylic acids is 1. The first kappa shape index (κ1) is 30.9. The number of carbonyl (C=O) groups is 2. The van der Waals surface area contributed by atoms with Gasteiger partial charge in [0.2, 0.25) is 0 Å². The Morgan fingerprint density at radius 1 is 1.13 bits per heavy atom. The second-order valence-corrected chi connectivity index (χ2v) is 9.60. The van der Waals surface area contributed by atoms with E-state index in [1.54, 1.807) is 6.20 Å². The third-order valence-corrected chi connectivity index (χ3v) is 5.99. The van der Waals surface area contributed by atoms with Crippen LogP contribution in [0.25, 0.3) is 0 Å². The second kappa shape index (κ2) is 15.2. The number of carbonyl (C=O) groups excluding carboxylic acids is 1. The molecule has 0 fully saturated rings. The molecule has 2 N–H and O–H groups in total. The fourth-order valence-corrected chi connectivity index (χ4v) is 3.73. The zero-order chi connectivity index (χ0) is 28.9. The summed E-state index contributed by atoms with van der Waals surface area (Å²) >= 11 is 0. The predicted molar refractivity (Wildman–Crippen MR) is 148 cm³/mol. The average molecular weight is 540 g/mol. The minimum Gasteiger partial charge on any atom is -0.497 e. The number of nitrogens with zero attached hydrogens (tertiary/aromatic N) is 4. The van der Waals surface area contributed by atoms with Crippen molar-refractivity contribution in [3.8, 4) is 5.75 Å². The quantitative estimate of drug-likeness (QED) is 0.182. The zero-order valence-corrected chi connectivity index (χ0v) is 23.1. The van der Waals surface area contributed by atoms with Crippen molar-refractivity contribution in [2.24, 2.45) is 0 Å². The van der Waals surface area contributed by atoms with Gasteiger partial charge in [-0.1, -0.05) is 40.2 Å². The van der Waals surface area contributed by atoms with Crippen LogP contribution in [-0.4, -0.2) is 50.1 Å². The van der Waals surface area contributed by atoms with E-state index in [-0.39, 0.29) is 17.9 Å². The van der Waals surface area contributed by atoms with E-state index in [1.165, 1.54) is 40.6 Å². The van der Waals surface area contributed by atoms with Gasteiger partial charge in [0, 0.05) is 18.7 Å². The van der Waals surface area contributed by atoms with Gasteiger partial charge >= 0.3 is 5.97 Å². The largest absolute Gasteiger partial charge is 0.497 e. The normalized spacial score (nSPS) is 12.5. The number of carboxylic acid groups (broad SMARTS) is 1. The molecule has 1 heterocycles. The number of methoxy groups -OCH3 is 1. The van der Waals surface area contributed by atoms with Gasteiger partial charge in [-0.25, -0.2) is 9.48 Å². The number of nitro groups is 1. The van der Waals surface area contributed by atoms with E-state index in [2.05, 4.69) is 61.6 Å². The SMILES string of the molecule is COc1ccc([N+](=O)[O-])c(C(=O)N[C@@H](Cn2cc(C/C=C(\C)CC/C=C(\C)CCC=C(C)C)nn2)C(=O)O)c1. The molecular formula is C28H37N5O6. The lowest BCUT2D eigenvalue weighted by atomic mass is 10.1. The van der Waals surface area contributed by atoms with Crippen molar-refractivity contribution in [2.45, 2.75) is 72.4 Å². The molecule has 1 atom stereocenters. The van der Waals surface area contributed by atoms with E-state index >= 15 is 0 Å². The number of hydrogen-bond acceptors (Lipinski definition) is 7. The number of nitrogens with one attached hydrogen (secondary N) is 1. The van der Waals surface area contributed by atoms with Gasteiger partial charge in [0.15, 0.2) is 0 Å². The van der Waals surface area contributed by atoms with Crippen LogP contribution in [0, 0.1) is 10.1 Å². The third-order valence-electron chi connectivity index (χ3n) is 5.99. The van der Waals surface area contributed by atoms with E-state index in [0.717, 1.165) is 31.7 Å². The Hall–Kier alpha value is -4.28. The number of ether oxygens (including phenoxy) is 1. The standard InChI is InChI=1S/C28H37N5O6/c1-19(2)8-6-9-20(3)10-7-11-21(4)12-13-22-17-32(31-30-22)18-25(28(35)36)29-27(34)24-16-23(39-5)14-15-26(24)33(37)38/h8,10,12,14-17,25H,6-7,9,11,13,18H2,1-5H3,(H,29,34)(H,35,36)/b20-10+,21-12+/t25-/m0/s1. The van der Waals surface area contributed by atoms with Gasteiger partial charge in [0.1, 0.15) is 17.4 Å². The smallest absolute Gasteiger partial charge is 0.328 e. The Kier molecular flexibility index (Phi) is 12.1. The lowest BCUT2D eigenvalue weighted by molar-refractivity contribution is -0.385. The summed E-state index contributed by atoms with van der Waals surface area (Å²) in [5, 5.41) is 31.4. The Morgan fingerprint density at radius 2 is 1.79 bits per heavy atom. The molecule has 0 aliphatic heterocycles. The molecule has 0 spiro atoms. The monoisotopic (exact) mass is 539 g/mol. The Bertz CT molecular complexity index is 1260. The summed E-state index contributed by atoms with van der Waals surface area (Å²) in [4.78, 5) is 35.2. The summed E-state index contributed by atoms with van der Waals surface area (Å²) in [6.45, 7) is 8.22. The Balaban J connectivity index is 1.97. The molecule has 39 heavy (non-hydrogen) atoms. The van der Waals surface area contributed by atoms with Crippen molar-refractivity contribution in [3.63, 3.8) is 0 Å². The number of hydrogen-bond donors (Lipinski definition) is 2. The molecule has 2 aromatic rings. The molecule has 1 amide bonds. The Labute approximate surface area is 228 Å². The number of aliphatic carboxylic acids is 1. The molecule has 0 saturated carbocycles. The number of nitro benzene ring substituents is 1. The zero-order valence-electron chi connectivity index (χ0n) is 23.1. The van der Waals surface area contributed by atoms with E-state index in [0.29, 0.717) is 12.1 Å². The summed E-state index contributed by atoms with van der Waals surface area (Å²) in [6.07, 6.45) is 12.7. The molecule has 1 aromatic carbocycles. The van der Waals surface area contributed by atoms with Gasteiger partial charge in [-0.15, -0.1) is 5.10 Å². The maximum atomic E-state index is 12.7. The topological polar surface area (TPSA) is 149 Å². The fraction of sp³-hybridized carbons (Fsp3) is 0.429. The van der Waals surface area contributed by atoms with E-state index < -0.39 is 28.5 Å². The number of amides is 1. The maximum Gasteiger partial charge on any atom is 0.328 e. The van der Waals surface area contributed by atoms with Gasteiger partial charge in [-0.2, -0.15) is 0 Å². The van der Waals surface area contributed by atoms with Crippen LogP contribution in [0.3, 0.4) is 0 Å². The van der Waals surface area contributed by atoms with Crippen LogP contribution >= 0.6 is 0 Å². The third kappa shape index (κ3) is 10.5. The van der Waals surface area contributed by atoms with Crippen LogP contribution in [0.5, 0.6) is 5.75 Å². The molecular weight excluding hydrogens is 502 g/mol. The van der Waals surface area contributed by atoms with E-state index in [1.807, 2.05) is 0 Å². The molecule has 2 rings (SSSR count). The lowest BCUT2D eigenvalue weighted by Crippen LogP contribution is -2.44. The summed E-state index contributed by atoms with van der Waals surface area (Å²) in [5.41, 5.74) is 3.82. The van der Waals surface area contributed by atoms with E-state index in [4.69, 9.17) is 4.74 Å². The summed E-state index contributed by atoms with van der Waals surface area (Å²) in [7, 11) is 1.36. The van der Waals surface area contributed by atoms with Crippen LogP contribution in [0.2, 0.25) is 0 Å². The molecule has 11 nitrogen and oxygen atoms in total. The molecule has 11 heteroatoms.